The number of nitrogens with one attached hydrogen (secondary N) is 1. The number of sulfone groups is 1. The van der Waals surface area contributed by atoms with Crippen LogP contribution in [-0.4, -0.2) is 63.6 Å². The van der Waals surface area contributed by atoms with E-state index in [2.05, 4.69) is 4.72 Å². The lowest BCUT2D eigenvalue weighted by molar-refractivity contribution is -0.0228. The molecule has 0 amide bonds. The molecule has 2 atom stereocenters. The Morgan fingerprint density at radius 3 is 2.45 bits per heavy atom. The number of hydrogen-bond acceptors (Lipinski definition) is 6. The molecule has 0 aromatic heterocycles. The quantitative estimate of drug-likeness (QED) is 0.687. The van der Waals surface area contributed by atoms with E-state index in [4.69, 9.17) is 4.74 Å². The third-order valence-corrected chi connectivity index (χ3v) is 7.79. The van der Waals surface area contributed by atoms with Gasteiger partial charge < -0.3 is 9.84 Å². The van der Waals surface area contributed by atoms with Gasteiger partial charge >= 0.3 is 0 Å². The maximum atomic E-state index is 12.1. The van der Waals surface area contributed by atoms with Crippen LogP contribution in [0.15, 0.2) is 0 Å². The second kappa shape index (κ2) is 5.53. The molecule has 2 rings (SSSR count). The zero-order valence-corrected chi connectivity index (χ0v) is 13.0. The maximum Gasteiger partial charge on any atom is 0.214 e. The first-order chi connectivity index (χ1) is 9.15. The second-order valence-electron chi connectivity index (χ2n) is 5.58. The third-order valence-electron chi connectivity index (χ3n) is 4.18. The minimum atomic E-state index is -3.61. The average Bonchev–Trinajstić information content (AvgIpc) is 2.68. The van der Waals surface area contributed by atoms with Crippen LogP contribution in [0.2, 0.25) is 0 Å². The van der Waals surface area contributed by atoms with E-state index in [1.165, 1.54) is 0 Å². The zero-order chi connectivity index (χ0) is 15.0. The van der Waals surface area contributed by atoms with Crippen LogP contribution in [0.5, 0.6) is 0 Å². The van der Waals surface area contributed by atoms with Crippen LogP contribution in [0.4, 0.5) is 0 Å². The van der Waals surface area contributed by atoms with Crippen LogP contribution in [-0.2, 0) is 24.6 Å². The molecule has 0 aromatic carbocycles. The van der Waals surface area contributed by atoms with Crippen molar-refractivity contribution >= 4 is 19.9 Å². The minimum absolute atomic E-state index is 0.0949. The van der Waals surface area contributed by atoms with Gasteiger partial charge in [0.25, 0.3) is 0 Å². The van der Waals surface area contributed by atoms with Crippen LogP contribution in [0.25, 0.3) is 0 Å². The summed E-state index contributed by atoms with van der Waals surface area (Å²) in [6.07, 6.45) is 0.192. The Bertz CT molecular complexity index is 543. The second-order valence-corrected chi connectivity index (χ2v) is 9.93. The maximum absolute atomic E-state index is 12.1. The van der Waals surface area contributed by atoms with Crippen molar-refractivity contribution in [2.45, 2.75) is 43.1 Å². The van der Waals surface area contributed by atoms with Crippen molar-refractivity contribution in [3.8, 4) is 0 Å². The molecule has 2 saturated heterocycles. The molecular weight excluding hydrogens is 306 g/mol. The molecule has 0 aromatic rings. The summed E-state index contributed by atoms with van der Waals surface area (Å²) in [5.74, 6) is -0.190. The molecule has 7 nitrogen and oxygen atoms in total. The lowest BCUT2D eigenvalue weighted by Gasteiger charge is -2.28. The van der Waals surface area contributed by atoms with Gasteiger partial charge in [0, 0.05) is 19.6 Å². The Morgan fingerprint density at radius 2 is 1.95 bits per heavy atom. The highest BCUT2D eigenvalue weighted by atomic mass is 32.2. The van der Waals surface area contributed by atoms with Crippen molar-refractivity contribution in [3.05, 3.63) is 0 Å². The number of rotatable bonds is 4. The molecule has 0 radical (unpaired) electrons. The van der Waals surface area contributed by atoms with Gasteiger partial charge in [-0.05, 0) is 19.8 Å². The normalized spacial score (nSPS) is 35.2. The van der Waals surface area contributed by atoms with E-state index in [0.29, 0.717) is 13.0 Å². The van der Waals surface area contributed by atoms with Crippen molar-refractivity contribution in [1.29, 1.82) is 0 Å². The highest BCUT2D eigenvalue weighted by Crippen LogP contribution is 2.26. The van der Waals surface area contributed by atoms with E-state index in [1.54, 1.807) is 6.92 Å². The fraction of sp³-hybridized carbons (Fsp3) is 1.00. The van der Waals surface area contributed by atoms with Gasteiger partial charge in [-0.3, -0.25) is 0 Å². The van der Waals surface area contributed by atoms with E-state index in [-0.39, 0.29) is 30.9 Å². The van der Waals surface area contributed by atoms with Gasteiger partial charge in [-0.1, -0.05) is 0 Å². The van der Waals surface area contributed by atoms with E-state index in [0.717, 1.165) is 0 Å². The van der Waals surface area contributed by atoms with Gasteiger partial charge in [0.15, 0.2) is 0 Å². The summed E-state index contributed by atoms with van der Waals surface area (Å²) in [5, 5.41) is 9.56. The van der Waals surface area contributed by atoms with Crippen molar-refractivity contribution in [2.75, 3.05) is 24.7 Å². The summed E-state index contributed by atoms with van der Waals surface area (Å²) in [6.45, 7) is 2.01. The molecule has 0 aliphatic carbocycles. The molecule has 20 heavy (non-hydrogen) atoms. The van der Waals surface area contributed by atoms with E-state index < -0.39 is 36.8 Å². The van der Waals surface area contributed by atoms with Crippen LogP contribution >= 0.6 is 0 Å². The molecule has 2 aliphatic rings. The smallest absolute Gasteiger partial charge is 0.214 e. The number of sulfonamides is 1. The van der Waals surface area contributed by atoms with Gasteiger partial charge in [0.1, 0.15) is 15.4 Å². The van der Waals surface area contributed by atoms with E-state index >= 15 is 0 Å². The standard InChI is InChI=1S/C11H21NO6S2/c1-9-11(13,4-5-18-9)8-12-20(16,17)10-2-6-19(14,15)7-3-10/h9-10,12-13H,2-8H2,1H3. The van der Waals surface area contributed by atoms with Crippen LogP contribution < -0.4 is 4.72 Å². The summed E-state index contributed by atoms with van der Waals surface area (Å²) in [6, 6.07) is 0. The first-order valence-electron chi connectivity index (χ1n) is 6.68. The lowest BCUT2D eigenvalue weighted by atomic mass is 9.97. The SMILES string of the molecule is CC1OCCC1(O)CNS(=O)(=O)C1CCS(=O)(=O)CC1. The Hall–Kier alpha value is -0.220. The van der Waals surface area contributed by atoms with Crippen LogP contribution in [0, 0.1) is 0 Å². The number of aliphatic hydroxyl groups is 1. The molecule has 118 valence electrons. The molecule has 2 unspecified atom stereocenters. The van der Waals surface area contributed by atoms with Crippen LogP contribution in [0.1, 0.15) is 26.2 Å². The van der Waals surface area contributed by atoms with Crippen LogP contribution in [0.3, 0.4) is 0 Å². The van der Waals surface area contributed by atoms with Gasteiger partial charge in [0.05, 0.1) is 22.9 Å². The van der Waals surface area contributed by atoms with Crippen molar-refractivity contribution < 1.29 is 26.7 Å². The fourth-order valence-electron chi connectivity index (χ4n) is 2.53. The largest absolute Gasteiger partial charge is 0.386 e. The molecule has 2 aliphatic heterocycles. The van der Waals surface area contributed by atoms with Crippen molar-refractivity contribution in [2.24, 2.45) is 0 Å². The summed E-state index contributed by atoms with van der Waals surface area (Å²) in [4.78, 5) is 0. The molecule has 9 heteroatoms. The molecular formula is C11H21NO6S2. The molecule has 0 bridgehead atoms. The average molecular weight is 327 g/mol. The Morgan fingerprint density at radius 1 is 1.35 bits per heavy atom. The predicted octanol–water partition coefficient (Wildman–Crippen LogP) is -0.977. The minimum Gasteiger partial charge on any atom is -0.386 e. The van der Waals surface area contributed by atoms with Gasteiger partial charge in [0.2, 0.25) is 10.0 Å². The van der Waals surface area contributed by atoms with Crippen molar-refractivity contribution in [3.63, 3.8) is 0 Å². The first-order valence-corrected chi connectivity index (χ1v) is 10.0. The molecule has 0 spiro atoms. The Kier molecular flexibility index (Phi) is 4.46. The molecule has 2 fully saturated rings. The Balaban J connectivity index is 1.95. The van der Waals surface area contributed by atoms with E-state index in [9.17, 15) is 21.9 Å². The molecule has 2 N–H and O–H groups in total. The van der Waals surface area contributed by atoms with Gasteiger partial charge in [-0.2, -0.15) is 0 Å². The predicted molar refractivity (Wildman–Crippen MR) is 73.6 cm³/mol. The topological polar surface area (TPSA) is 110 Å². The molecule has 0 saturated carbocycles. The summed E-state index contributed by atoms with van der Waals surface area (Å²) in [7, 11) is -6.70. The fourth-order valence-corrected chi connectivity index (χ4v) is 5.86. The Labute approximate surface area is 119 Å². The molecule has 2 heterocycles. The number of hydrogen-bond donors (Lipinski definition) is 2. The highest BCUT2D eigenvalue weighted by molar-refractivity contribution is 7.92. The van der Waals surface area contributed by atoms with Gasteiger partial charge in [-0.25, -0.2) is 21.6 Å². The third kappa shape index (κ3) is 3.51. The van der Waals surface area contributed by atoms with E-state index in [1.807, 2.05) is 0 Å². The zero-order valence-electron chi connectivity index (χ0n) is 11.4. The van der Waals surface area contributed by atoms with Gasteiger partial charge in [-0.15, -0.1) is 0 Å². The monoisotopic (exact) mass is 327 g/mol. The summed E-state index contributed by atoms with van der Waals surface area (Å²) in [5.41, 5.74) is -1.19. The lowest BCUT2D eigenvalue weighted by Crippen LogP contribution is -2.50. The number of ether oxygens (including phenoxy) is 1. The van der Waals surface area contributed by atoms with Crippen molar-refractivity contribution in [1.82, 2.24) is 4.72 Å². The summed E-state index contributed by atoms with van der Waals surface area (Å²) >= 11 is 0. The first kappa shape index (κ1) is 16.2. The highest BCUT2D eigenvalue weighted by Gasteiger charge is 2.41. The summed E-state index contributed by atoms with van der Waals surface area (Å²) < 4.78 is 54.6.